The minimum atomic E-state index is 0.665. The van der Waals surface area contributed by atoms with Gasteiger partial charge in [0.25, 0.3) is 0 Å². The van der Waals surface area contributed by atoms with E-state index < -0.39 is 0 Å². The zero-order valence-electron chi connectivity index (χ0n) is 9.99. The molecule has 1 heterocycles. The Bertz CT molecular complexity index is 283. The molecule has 0 saturated carbocycles. The Balaban J connectivity index is 2.46. The van der Waals surface area contributed by atoms with E-state index in [0.29, 0.717) is 12.6 Å². The summed E-state index contributed by atoms with van der Waals surface area (Å²) in [4.78, 5) is 5.11. The number of rotatable bonds is 6. The maximum Gasteiger partial charge on any atom is 0.0327 e. The van der Waals surface area contributed by atoms with Gasteiger partial charge in [0.15, 0.2) is 0 Å². The lowest BCUT2D eigenvalue weighted by atomic mass is 10.2. The van der Waals surface area contributed by atoms with Crippen LogP contribution in [0.1, 0.15) is 36.4 Å². The van der Waals surface area contributed by atoms with E-state index in [1.165, 1.54) is 22.6 Å². The number of hydrogen-bond acceptors (Lipinski definition) is 3. The molecule has 15 heavy (non-hydrogen) atoms. The van der Waals surface area contributed by atoms with Crippen LogP contribution in [0.15, 0.2) is 12.1 Å². The highest BCUT2D eigenvalue weighted by molar-refractivity contribution is 7.11. The third-order valence-corrected chi connectivity index (χ3v) is 3.87. The molecule has 0 amide bonds. The first-order chi connectivity index (χ1) is 7.17. The molecule has 1 aromatic rings. The predicted molar refractivity (Wildman–Crippen MR) is 68.0 cm³/mol. The van der Waals surface area contributed by atoms with Gasteiger partial charge in [-0.05, 0) is 32.5 Å². The van der Waals surface area contributed by atoms with Crippen molar-refractivity contribution in [1.29, 1.82) is 0 Å². The molecular formula is C12H22N2S. The van der Waals surface area contributed by atoms with Crippen molar-refractivity contribution in [2.45, 2.75) is 45.8 Å². The van der Waals surface area contributed by atoms with Crippen LogP contribution in [-0.4, -0.2) is 18.0 Å². The topological polar surface area (TPSA) is 29.3 Å². The summed E-state index contributed by atoms with van der Waals surface area (Å²) in [5.41, 5.74) is 5.60. The Hall–Kier alpha value is -0.380. The molecule has 3 heteroatoms. The number of nitrogens with two attached hydrogens (primary N) is 1. The third-order valence-electron chi connectivity index (χ3n) is 2.78. The van der Waals surface area contributed by atoms with Crippen LogP contribution in [0.3, 0.4) is 0 Å². The number of hydrogen-bond donors (Lipinski definition) is 1. The molecule has 0 aliphatic carbocycles. The second-order valence-electron chi connectivity index (χ2n) is 4.12. The largest absolute Gasteiger partial charge is 0.326 e. The lowest BCUT2D eigenvalue weighted by Gasteiger charge is -2.23. The van der Waals surface area contributed by atoms with E-state index in [9.17, 15) is 0 Å². The van der Waals surface area contributed by atoms with E-state index in [1.807, 2.05) is 11.3 Å². The van der Waals surface area contributed by atoms with Crippen molar-refractivity contribution in [3.63, 3.8) is 0 Å². The van der Waals surface area contributed by atoms with Crippen LogP contribution in [-0.2, 0) is 13.1 Å². The minimum Gasteiger partial charge on any atom is -0.326 e. The molecule has 0 radical (unpaired) electrons. The zero-order valence-corrected chi connectivity index (χ0v) is 10.8. The lowest BCUT2D eigenvalue weighted by Crippen LogP contribution is -2.27. The average molecular weight is 226 g/mol. The summed E-state index contributed by atoms with van der Waals surface area (Å²) >= 11 is 1.83. The molecule has 1 atom stereocenters. The zero-order chi connectivity index (χ0) is 11.3. The van der Waals surface area contributed by atoms with Crippen LogP contribution in [0.2, 0.25) is 0 Å². The third kappa shape index (κ3) is 3.93. The van der Waals surface area contributed by atoms with Gasteiger partial charge >= 0.3 is 0 Å². The molecule has 2 nitrogen and oxygen atoms in total. The smallest absolute Gasteiger partial charge is 0.0327 e. The van der Waals surface area contributed by atoms with E-state index in [1.54, 1.807) is 0 Å². The van der Waals surface area contributed by atoms with Crippen LogP contribution < -0.4 is 5.73 Å². The molecule has 0 aliphatic rings. The SMILES string of the molecule is CCCC(C)N(C)Cc1ccc(CN)s1. The predicted octanol–water partition coefficient (Wildman–Crippen LogP) is 2.83. The second kappa shape index (κ2) is 6.26. The number of nitrogens with zero attached hydrogens (tertiary/aromatic N) is 1. The van der Waals surface area contributed by atoms with Gasteiger partial charge in [-0.2, -0.15) is 0 Å². The Labute approximate surface area is 97.1 Å². The van der Waals surface area contributed by atoms with Crippen molar-refractivity contribution in [3.8, 4) is 0 Å². The van der Waals surface area contributed by atoms with Crippen LogP contribution >= 0.6 is 11.3 Å². The molecule has 0 aromatic carbocycles. The van der Waals surface area contributed by atoms with Gasteiger partial charge in [-0.15, -0.1) is 11.3 Å². The molecular weight excluding hydrogens is 204 g/mol. The van der Waals surface area contributed by atoms with Gasteiger partial charge in [0.05, 0.1) is 0 Å². The summed E-state index contributed by atoms with van der Waals surface area (Å²) in [7, 11) is 2.20. The molecule has 86 valence electrons. The molecule has 0 bridgehead atoms. The minimum absolute atomic E-state index is 0.665. The Kier molecular flexibility index (Phi) is 5.29. The van der Waals surface area contributed by atoms with E-state index in [2.05, 4.69) is 37.9 Å². The van der Waals surface area contributed by atoms with Gasteiger partial charge < -0.3 is 5.73 Å². The summed E-state index contributed by atoms with van der Waals surface area (Å²) in [6.07, 6.45) is 2.52. The molecule has 1 aromatic heterocycles. The van der Waals surface area contributed by atoms with Crippen LogP contribution in [0.4, 0.5) is 0 Å². The molecule has 1 unspecified atom stereocenters. The highest BCUT2D eigenvalue weighted by Gasteiger charge is 2.09. The lowest BCUT2D eigenvalue weighted by molar-refractivity contribution is 0.239. The monoisotopic (exact) mass is 226 g/mol. The van der Waals surface area contributed by atoms with Crippen LogP contribution in [0, 0.1) is 0 Å². The second-order valence-corrected chi connectivity index (χ2v) is 5.38. The normalized spacial score (nSPS) is 13.4. The van der Waals surface area contributed by atoms with E-state index in [0.717, 1.165) is 6.54 Å². The van der Waals surface area contributed by atoms with Crippen LogP contribution in [0.25, 0.3) is 0 Å². The van der Waals surface area contributed by atoms with Crippen molar-refractivity contribution >= 4 is 11.3 Å². The Morgan fingerprint density at radius 3 is 2.60 bits per heavy atom. The Morgan fingerprint density at radius 2 is 2.07 bits per heavy atom. The molecule has 0 aliphatic heterocycles. The summed E-state index contributed by atoms with van der Waals surface area (Å²) in [6, 6.07) is 5.00. The van der Waals surface area contributed by atoms with Gasteiger partial charge in [0.1, 0.15) is 0 Å². The highest BCUT2D eigenvalue weighted by atomic mass is 32.1. The Morgan fingerprint density at radius 1 is 1.40 bits per heavy atom. The molecule has 0 saturated heterocycles. The quantitative estimate of drug-likeness (QED) is 0.808. The first kappa shape index (κ1) is 12.7. The van der Waals surface area contributed by atoms with Crippen molar-refractivity contribution in [1.82, 2.24) is 4.90 Å². The summed E-state index contributed by atoms with van der Waals surface area (Å²) in [5.74, 6) is 0. The molecule has 0 spiro atoms. The fourth-order valence-electron chi connectivity index (χ4n) is 1.66. The van der Waals surface area contributed by atoms with E-state index in [-0.39, 0.29) is 0 Å². The number of thiophene rings is 1. The van der Waals surface area contributed by atoms with Crippen molar-refractivity contribution in [2.24, 2.45) is 5.73 Å². The average Bonchev–Trinajstić information content (AvgIpc) is 2.66. The summed E-state index contributed by atoms with van der Waals surface area (Å²) in [5, 5.41) is 0. The van der Waals surface area contributed by atoms with Crippen molar-refractivity contribution < 1.29 is 0 Å². The molecule has 1 rings (SSSR count). The molecule has 0 fully saturated rings. The van der Waals surface area contributed by atoms with Gasteiger partial charge in [-0.3, -0.25) is 4.90 Å². The first-order valence-corrected chi connectivity index (χ1v) is 6.47. The van der Waals surface area contributed by atoms with Gasteiger partial charge in [0.2, 0.25) is 0 Å². The highest BCUT2D eigenvalue weighted by Crippen LogP contribution is 2.18. The van der Waals surface area contributed by atoms with E-state index >= 15 is 0 Å². The fourth-order valence-corrected chi connectivity index (χ4v) is 2.62. The fraction of sp³-hybridized carbons (Fsp3) is 0.667. The van der Waals surface area contributed by atoms with Gasteiger partial charge in [0, 0.05) is 28.9 Å². The van der Waals surface area contributed by atoms with Crippen molar-refractivity contribution in [2.75, 3.05) is 7.05 Å². The first-order valence-electron chi connectivity index (χ1n) is 5.65. The van der Waals surface area contributed by atoms with Crippen molar-refractivity contribution in [3.05, 3.63) is 21.9 Å². The maximum absolute atomic E-state index is 5.60. The standard InChI is InChI=1S/C12H22N2S/c1-4-5-10(2)14(3)9-12-7-6-11(8-13)15-12/h6-7,10H,4-5,8-9,13H2,1-3H3. The van der Waals surface area contributed by atoms with Crippen LogP contribution in [0.5, 0.6) is 0 Å². The van der Waals surface area contributed by atoms with Gasteiger partial charge in [-0.25, -0.2) is 0 Å². The maximum atomic E-state index is 5.60. The summed E-state index contributed by atoms with van der Waals surface area (Å²) < 4.78 is 0. The van der Waals surface area contributed by atoms with Gasteiger partial charge in [-0.1, -0.05) is 13.3 Å². The van der Waals surface area contributed by atoms with E-state index in [4.69, 9.17) is 5.73 Å². The summed E-state index contributed by atoms with van der Waals surface area (Å²) in [6.45, 7) is 6.24. The molecule has 2 N–H and O–H groups in total.